The molecule has 1 aliphatic heterocycles. The largest absolute Gasteiger partial charge is 0.480 e. The first-order chi connectivity index (χ1) is 9.73. The molecule has 2 unspecified atom stereocenters. The highest BCUT2D eigenvalue weighted by atomic mass is 32.2. The Balaban J connectivity index is 2.29. The number of aliphatic hydroxyl groups excluding tert-OH is 1. The van der Waals surface area contributed by atoms with E-state index in [1.165, 1.54) is 37.3 Å². The first kappa shape index (κ1) is 15.7. The predicted molar refractivity (Wildman–Crippen MR) is 74.5 cm³/mol. The molecule has 0 saturated carbocycles. The molecule has 9 heteroatoms. The van der Waals surface area contributed by atoms with Crippen LogP contribution >= 0.6 is 0 Å². The molecular formula is C12H17N3O5S. The van der Waals surface area contributed by atoms with Crippen LogP contribution in [0.2, 0.25) is 0 Å². The Hall–Kier alpha value is -1.71. The van der Waals surface area contributed by atoms with E-state index < -0.39 is 28.1 Å². The maximum Gasteiger partial charge on any atom is 0.326 e. The maximum absolute atomic E-state index is 11.9. The molecule has 1 aromatic heterocycles. The molecule has 1 fully saturated rings. The number of hydrogen-bond acceptors (Lipinski definition) is 6. The molecule has 8 nitrogen and oxygen atoms in total. The lowest BCUT2D eigenvalue weighted by Gasteiger charge is -2.22. The van der Waals surface area contributed by atoms with Gasteiger partial charge in [-0.3, -0.25) is 0 Å². The van der Waals surface area contributed by atoms with Gasteiger partial charge in [-0.1, -0.05) is 0 Å². The summed E-state index contributed by atoms with van der Waals surface area (Å²) >= 11 is 0. The van der Waals surface area contributed by atoms with Gasteiger partial charge >= 0.3 is 5.97 Å². The second kappa shape index (κ2) is 5.58. The lowest BCUT2D eigenvalue weighted by Crippen LogP contribution is -2.36. The van der Waals surface area contributed by atoms with Crippen LogP contribution in [-0.4, -0.2) is 66.7 Å². The van der Waals surface area contributed by atoms with Gasteiger partial charge in [-0.15, -0.1) is 0 Å². The van der Waals surface area contributed by atoms with Crippen molar-refractivity contribution >= 4 is 21.8 Å². The number of aliphatic hydroxyl groups is 1. The van der Waals surface area contributed by atoms with Gasteiger partial charge in [-0.2, -0.15) is 0 Å². The number of anilines is 1. The fourth-order valence-corrected chi connectivity index (χ4v) is 3.05. The van der Waals surface area contributed by atoms with Gasteiger partial charge < -0.3 is 15.1 Å². The summed E-state index contributed by atoms with van der Waals surface area (Å²) in [7, 11) is -0.737. The Kier molecular flexibility index (Phi) is 4.17. The second-order valence-electron chi connectivity index (χ2n) is 5.04. The highest BCUT2D eigenvalue weighted by Gasteiger charge is 2.36. The molecule has 0 amide bonds. The van der Waals surface area contributed by atoms with Crippen LogP contribution in [0.15, 0.2) is 23.2 Å². The van der Waals surface area contributed by atoms with Crippen molar-refractivity contribution in [3.63, 3.8) is 0 Å². The maximum atomic E-state index is 11.9. The van der Waals surface area contributed by atoms with Gasteiger partial charge in [-0.25, -0.2) is 22.5 Å². The van der Waals surface area contributed by atoms with Crippen molar-refractivity contribution in [2.45, 2.75) is 23.5 Å². The van der Waals surface area contributed by atoms with Crippen LogP contribution in [0.3, 0.4) is 0 Å². The number of carboxylic acid groups (broad SMARTS) is 1. The van der Waals surface area contributed by atoms with E-state index in [0.29, 0.717) is 5.82 Å². The second-order valence-corrected chi connectivity index (χ2v) is 7.19. The summed E-state index contributed by atoms with van der Waals surface area (Å²) in [4.78, 5) is 16.7. The van der Waals surface area contributed by atoms with Gasteiger partial charge in [0.05, 0.1) is 6.10 Å². The quantitative estimate of drug-likeness (QED) is 0.760. The molecule has 0 aliphatic carbocycles. The first-order valence-electron chi connectivity index (χ1n) is 6.29. The molecule has 2 rings (SSSR count). The zero-order valence-corrected chi connectivity index (χ0v) is 12.5. The summed E-state index contributed by atoms with van der Waals surface area (Å²) in [5.74, 6) is -0.713. The van der Waals surface area contributed by atoms with Crippen LogP contribution in [0, 0.1) is 0 Å². The summed E-state index contributed by atoms with van der Waals surface area (Å²) in [6, 6.07) is 1.97. The number of hydrogen-bond donors (Lipinski definition) is 2. The summed E-state index contributed by atoms with van der Waals surface area (Å²) in [6.45, 7) is 0.156. The summed E-state index contributed by atoms with van der Waals surface area (Å²) < 4.78 is 24.9. The molecule has 2 atom stereocenters. The predicted octanol–water partition coefficient (Wildman–Crippen LogP) is -0.644. The molecule has 116 valence electrons. The smallest absolute Gasteiger partial charge is 0.326 e. The highest BCUT2D eigenvalue weighted by molar-refractivity contribution is 7.89. The van der Waals surface area contributed by atoms with Crippen LogP contribution in [0.1, 0.15) is 6.42 Å². The van der Waals surface area contributed by atoms with Crippen molar-refractivity contribution in [1.29, 1.82) is 0 Å². The molecule has 2 N–H and O–H groups in total. The third-order valence-corrected chi connectivity index (χ3v) is 5.16. The first-order valence-corrected chi connectivity index (χ1v) is 7.73. The van der Waals surface area contributed by atoms with E-state index in [1.54, 1.807) is 0 Å². The van der Waals surface area contributed by atoms with Crippen LogP contribution in [0.4, 0.5) is 5.82 Å². The molecule has 0 aromatic carbocycles. The molecule has 0 spiro atoms. The van der Waals surface area contributed by atoms with Crippen LogP contribution in [0.25, 0.3) is 0 Å². The molecule has 1 saturated heterocycles. The molecule has 1 aromatic rings. The third-order valence-electron chi connectivity index (χ3n) is 3.36. The number of carboxylic acids is 1. The van der Waals surface area contributed by atoms with Crippen LogP contribution in [0.5, 0.6) is 0 Å². The van der Waals surface area contributed by atoms with Crippen LogP contribution in [-0.2, 0) is 14.8 Å². The number of pyridine rings is 1. The fraction of sp³-hybridized carbons (Fsp3) is 0.500. The van der Waals surface area contributed by atoms with E-state index in [2.05, 4.69) is 4.98 Å². The minimum Gasteiger partial charge on any atom is -0.480 e. The molecule has 0 bridgehead atoms. The number of aliphatic carboxylic acids is 1. The van der Waals surface area contributed by atoms with Crippen molar-refractivity contribution < 1.29 is 23.4 Å². The van der Waals surface area contributed by atoms with Crippen molar-refractivity contribution in [3.05, 3.63) is 18.3 Å². The molecular weight excluding hydrogens is 298 g/mol. The zero-order valence-electron chi connectivity index (χ0n) is 11.7. The monoisotopic (exact) mass is 315 g/mol. The van der Waals surface area contributed by atoms with E-state index >= 15 is 0 Å². The standard InChI is InChI=1S/C12H17N3O5S/c1-14(2)21(19,20)9-3-4-11(13-6-9)15-7-8(16)5-10(15)12(17)18/h3-4,6,8,10,16H,5,7H2,1-2H3,(H,17,18). The van der Waals surface area contributed by atoms with Gasteiger partial charge in [0.15, 0.2) is 0 Å². The lowest BCUT2D eigenvalue weighted by atomic mass is 10.2. The number of β-amino-alcohol motifs (C(OH)–C–C–N with tert-alkyl or cyclic N) is 1. The van der Waals surface area contributed by atoms with E-state index in [4.69, 9.17) is 5.11 Å². The summed E-state index contributed by atoms with van der Waals surface area (Å²) in [6.07, 6.45) is 0.571. The summed E-state index contributed by atoms with van der Waals surface area (Å²) in [5.41, 5.74) is 0. The Morgan fingerprint density at radius 1 is 1.43 bits per heavy atom. The lowest BCUT2D eigenvalue weighted by molar-refractivity contribution is -0.138. The van der Waals surface area contributed by atoms with Crippen molar-refractivity contribution in [2.24, 2.45) is 0 Å². The zero-order chi connectivity index (χ0) is 15.8. The van der Waals surface area contributed by atoms with Gasteiger partial charge in [0.2, 0.25) is 10.0 Å². The average Bonchev–Trinajstić information content (AvgIpc) is 2.81. The Bertz CT molecular complexity index is 629. The molecule has 1 aliphatic rings. The molecule has 0 radical (unpaired) electrons. The topological polar surface area (TPSA) is 111 Å². The number of carbonyl (C=O) groups is 1. The van der Waals surface area contributed by atoms with Gasteiger partial charge in [0.25, 0.3) is 0 Å². The van der Waals surface area contributed by atoms with Gasteiger partial charge in [0.1, 0.15) is 16.8 Å². The minimum absolute atomic E-state index is 0.0304. The Morgan fingerprint density at radius 3 is 2.57 bits per heavy atom. The highest BCUT2D eigenvalue weighted by Crippen LogP contribution is 2.25. The van der Waals surface area contributed by atoms with Gasteiger partial charge in [0, 0.05) is 33.3 Å². The number of sulfonamides is 1. The average molecular weight is 315 g/mol. The van der Waals surface area contributed by atoms with E-state index in [9.17, 15) is 18.3 Å². The number of nitrogens with zero attached hydrogens (tertiary/aromatic N) is 3. The molecule has 21 heavy (non-hydrogen) atoms. The van der Waals surface area contributed by atoms with Gasteiger partial charge in [-0.05, 0) is 12.1 Å². The van der Waals surface area contributed by atoms with Crippen LogP contribution < -0.4 is 4.90 Å². The summed E-state index contributed by atoms with van der Waals surface area (Å²) in [5, 5.41) is 18.7. The van der Waals surface area contributed by atoms with Crippen molar-refractivity contribution in [1.82, 2.24) is 9.29 Å². The van der Waals surface area contributed by atoms with E-state index in [1.807, 2.05) is 0 Å². The number of rotatable bonds is 4. The molecule has 2 heterocycles. The van der Waals surface area contributed by atoms with Crippen molar-refractivity contribution in [2.75, 3.05) is 25.5 Å². The van der Waals surface area contributed by atoms with E-state index in [-0.39, 0.29) is 17.9 Å². The van der Waals surface area contributed by atoms with E-state index in [0.717, 1.165) is 4.31 Å². The third kappa shape index (κ3) is 2.99. The van der Waals surface area contributed by atoms with Crippen molar-refractivity contribution in [3.8, 4) is 0 Å². The number of aromatic nitrogens is 1. The fourth-order valence-electron chi connectivity index (χ4n) is 2.21. The Morgan fingerprint density at radius 2 is 2.10 bits per heavy atom. The SMILES string of the molecule is CN(C)S(=O)(=O)c1ccc(N2CC(O)CC2C(=O)O)nc1. The Labute approximate surface area is 122 Å². The minimum atomic E-state index is -3.57. The normalized spacial score (nSPS) is 22.8.